The van der Waals surface area contributed by atoms with Crippen molar-refractivity contribution in [1.82, 2.24) is 9.80 Å². The van der Waals surface area contributed by atoms with Gasteiger partial charge in [-0.3, -0.25) is 14.4 Å². The van der Waals surface area contributed by atoms with E-state index in [1.807, 2.05) is 42.5 Å². The van der Waals surface area contributed by atoms with Crippen molar-refractivity contribution in [1.29, 1.82) is 0 Å². The molecule has 6 heteroatoms. The van der Waals surface area contributed by atoms with Gasteiger partial charge in [-0.1, -0.05) is 42.5 Å². The van der Waals surface area contributed by atoms with E-state index >= 15 is 0 Å². The van der Waals surface area contributed by atoms with Gasteiger partial charge in [-0.2, -0.15) is 0 Å². The van der Waals surface area contributed by atoms with Gasteiger partial charge in [0, 0.05) is 26.1 Å². The van der Waals surface area contributed by atoms with Crippen molar-refractivity contribution in [3.05, 3.63) is 42.0 Å². The molecule has 1 aromatic carbocycles. The molecular formula is C23H30N2O4. The van der Waals surface area contributed by atoms with Gasteiger partial charge in [-0.05, 0) is 38.2 Å². The smallest absolute Gasteiger partial charge is 0.314 e. The normalized spacial score (nSPS) is 22.3. The van der Waals surface area contributed by atoms with E-state index in [-0.39, 0.29) is 24.3 Å². The number of carbonyl (C=O) groups excluding carboxylic acids is 3. The molecule has 0 bridgehead atoms. The molecule has 0 saturated carbocycles. The highest BCUT2D eigenvalue weighted by atomic mass is 16.5. The average molecular weight is 399 g/mol. The Morgan fingerprint density at radius 2 is 1.97 bits per heavy atom. The molecule has 0 radical (unpaired) electrons. The highest BCUT2D eigenvalue weighted by Gasteiger charge is 2.44. The maximum atomic E-state index is 12.9. The third-order valence-corrected chi connectivity index (χ3v) is 5.75. The molecule has 0 aliphatic carbocycles. The van der Waals surface area contributed by atoms with Crippen LogP contribution in [0.4, 0.5) is 0 Å². The van der Waals surface area contributed by atoms with E-state index in [0.29, 0.717) is 45.5 Å². The van der Waals surface area contributed by atoms with E-state index in [1.165, 1.54) is 0 Å². The summed E-state index contributed by atoms with van der Waals surface area (Å²) in [5.41, 5.74) is 0.340. The second kappa shape index (κ2) is 9.72. The number of likely N-dealkylation sites (tertiary alicyclic amines) is 2. The molecule has 1 atom stereocenters. The molecule has 6 nitrogen and oxygen atoms in total. The van der Waals surface area contributed by atoms with Gasteiger partial charge >= 0.3 is 5.97 Å². The number of hydrogen-bond donors (Lipinski definition) is 0. The van der Waals surface area contributed by atoms with Crippen molar-refractivity contribution < 1.29 is 19.1 Å². The minimum atomic E-state index is -0.732. The highest BCUT2D eigenvalue weighted by molar-refractivity contribution is 5.86. The second-order valence-corrected chi connectivity index (χ2v) is 7.86. The number of piperidine rings is 1. The molecule has 2 aliphatic rings. The van der Waals surface area contributed by atoms with Gasteiger partial charge in [0.1, 0.15) is 0 Å². The number of allylic oxidation sites excluding steroid dienone is 1. The van der Waals surface area contributed by atoms with Gasteiger partial charge in [-0.25, -0.2) is 0 Å². The SMILES string of the molecule is CCOC(=O)C1(CC=Cc2ccccc2)CCCN(C(=O)CN2CCCC2=O)C1. The monoisotopic (exact) mass is 398 g/mol. The maximum Gasteiger partial charge on any atom is 0.314 e. The fourth-order valence-electron chi connectivity index (χ4n) is 4.16. The summed E-state index contributed by atoms with van der Waals surface area (Å²) in [6, 6.07) is 9.94. The largest absolute Gasteiger partial charge is 0.466 e. The van der Waals surface area contributed by atoms with E-state index in [0.717, 1.165) is 18.4 Å². The number of nitrogens with zero attached hydrogens (tertiary/aromatic N) is 2. The summed E-state index contributed by atoms with van der Waals surface area (Å²) in [7, 11) is 0. The molecule has 156 valence electrons. The van der Waals surface area contributed by atoms with Crippen molar-refractivity contribution in [3.8, 4) is 0 Å². The van der Waals surface area contributed by atoms with Crippen LogP contribution in [-0.4, -0.2) is 60.4 Å². The number of hydrogen-bond acceptors (Lipinski definition) is 4. The predicted octanol–water partition coefficient (Wildman–Crippen LogP) is 2.88. The first-order valence-corrected chi connectivity index (χ1v) is 10.5. The van der Waals surface area contributed by atoms with Crippen molar-refractivity contribution in [2.75, 3.05) is 32.8 Å². The zero-order valence-corrected chi connectivity index (χ0v) is 17.1. The van der Waals surface area contributed by atoms with E-state index in [1.54, 1.807) is 16.7 Å². The molecule has 3 rings (SSSR count). The fourth-order valence-corrected chi connectivity index (χ4v) is 4.16. The molecule has 0 N–H and O–H groups in total. The standard InChI is InChI=1S/C23H30N2O4/c1-2-29-22(28)23(13-6-11-19-9-4-3-5-10-19)14-8-16-25(18-23)21(27)17-24-15-7-12-20(24)26/h3-6,9-11H,2,7-8,12-18H2,1H3. The third-order valence-electron chi connectivity index (χ3n) is 5.75. The average Bonchev–Trinajstić information content (AvgIpc) is 3.13. The van der Waals surface area contributed by atoms with Crippen molar-refractivity contribution >= 4 is 23.9 Å². The molecule has 2 aliphatic heterocycles. The van der Waals surface area contributed by atoms with Crippen LogP contribution in [0.25, 0.3) is 6.08 Å². The minimum Gasteiger partial charge on any atom is -0.466 e. The number of benzene rings is 1. The Morgan fingerprint density at radius 3 is 2.66 bits per heavy atom. The molecule has 2 saturated heterocycles. The molecule has 0 aromatic heterocycles. The number of rotatable bonds is 7. The lowest BCUT2D eigenvalue weighted by atomic mass is 9.76. The number of amides is 2. The summed E-state index contributed by atoms with van der Waals surface area (Å²) >= 11 is 0. The van der Waals surface area contributed by atoms with Crippen molar-refractivity contribution in [2.24, 2.45) is 5.41 Å². The van der Waals surface area contributed by atoms with E-state index in [2.05, 4.69) is 0 Å². The number of esters is 1. The van der Waals surface area contributed by atoms with Crippen LogP contribution in [0.5, 0.6) is 0 Å². The van der Waals surface area contributed by atoms with Crippen molar-refractivity contribution in [2.45, 2.75) is 39.0 Å². The Balaban J connectivity index is 1.71. The molecule has 1 aromatic rings. The van der Waals surface area contributed by atoms with E-state index in [4.69, 9.17) is 4.74 Å². The van der Waals surface area contributed by atoms with Crippen LogP contribution >= 0.6 is 0 Å². The van der Waals surface area contributed by atoms with Gasteiger partial charge in [0.15, 0.2) is 0 Å². The fraction of sp³-hybridized carbons (Fsp3) is 0.522. The molecule has 2 fully saturated rings. The summed E-state index contributed by atoms with van der Waals surface area (Å²) in [5.74, 6) is -0.286. The number of ether oxygens (including phenoxy) is 1. The van der Waals surface area contributed by atoms with Crippen LogP contribution in [0.15, 0.2) is 36.4 Å². The zero-order chi connectivity index (χ0) is 20.7. The third kappa shape index (κ3) is 5.25. The van der Waals surface area contributed by atoms with Crippen LogP contribution < -0.4 is 0 Å². The minimum absolute atomic E-state index is 0.0396. The molecule has 1 unspecified atom stereocenters. The Morgan fingerprint density at radius 1 is 1.17 bits per heavy atom. The summed E-state index contributed by atoms with van der Waals surface area (Å²) in [5, 5.41) is 0. The Kier molecular flexibility index (Phi) is 7.07. The van der Waals surface area contributed by atoms with E-state index in [9.17, 15) is 14.4 Å². The topological polar surface area (TPSA) is 66.9 Å². The quantitative estimate of drug-likeness (QED) is 0.663. The van der Waals surface area contributed by atoms with Crippen LogP contribution in [0.1, 0.15) is 44.6 Å². The Hall–Kier alpha value is -2.63. The lowest BCUT2D eigenvalue weighted by Gasteiger charge is -2.41. The maximum absolute atomic E-state index is 12.9. The van der Waals surface area contributed by atoms with Gasteiger partial charge in [0.05, 0.1) is 18.6 Å². The Labute approximate surface area is 172 Å². The van der Waals surface area contributed by atoms with Crippen LogP contribution in [0, 0.1) is 5.41 Å². The zero-order valence-electron chi connectivity index (χ0n) is 17.1. The highest BCUT2D eigenvalue weighted by Crippen LogP contribution is 2.36. The summed E-state index contributed by atoms with van der Waals surface area (Å²) in [6.07, 6.45) is 7.30. The summed E-state index contributed by atoms with van der Waals surface area (Å²) in [6.45, 7) is 3.82. The van der Waals surface area contributed by atoms with Crippen molar-refractivity contribution in [3.63, 3.8) is 0 Å². The molecule has 2 amide bonds. The lowest BCUT2D eigenvalue weighted by molar-refractivity contribution is -0.161. The molecule has 0 spiro atoms. The van der Waals surface area contributed by atoms with Crippen LogP contribution in [-0.2, 0) is 19.1 Å². The van der Waals surface area contributed by atoms with Crippen LogP contribution in [0.3, 0.4) is 0 Å². The van der Waals surface area contributed by atoms with Crippen LogP contribution in [0.2, 0.25) is 0 Å². The Bertz CT molecular complexity index is 761. The lowest BCUT2D eigenvalue weighted by Crippen LogP contribution is -2.52. The first kappa shape index (κ1) is 21.1. The number of carbonyl (C=O) groups is 3. The van der Waals surface area contributed by atoms with Gasteiger partial charge in [0.25, 0.3) is 0 Å². The van der Waals surface area contributed by atoms with Gasteiger partial charge in [-0.15, -0.1) is 0 Å². The first-order valence-electron chi connectivity index (χ1n) is 10.5. The van der Waals surface area contributed by atoms with Gasteiger partial charge in [0.2, 0.25) is 11.8 Å². The first-order chi connectivity index (χ1) is 14.0. The molecule has 29 heavy (non-hydrogen) atoms. The summed E-state index contributed by atoms with van der Waals surface area (Å²) < 4.78 is 5.39. The predicted molar refractivity (Wildman–Crippen MR) is 111 cm³/mol. The molecule has 2 heterocycles. The molecular weight excluding hydrogens is 368 g/mol. The van der Waals surface area contributed by atoms with E-state index < -0.39 is 5.41 Å². The second-order valence-electron chi connectivity index (χ2n) is 7.86. The van der Waals surface area contributed by atoms with Gasteiger partial charge < -0.3 is 14.5 Å². The summed E-state index contributed by atoms with van der Waals surface area (Å²) in [4.78, 5) is 40.9.